The van der Waals surface area contributed by atoms with Gasteiger partial charge in [-0.25, -0.2) is 0 Å². The maximum Gasteiger partial charge on any atom is 0.420 e. The molecule has 1 aromatic carbocycles. The molecule has 1 atom stereocenters. The molecule has 10 heteroatoms. The van der Waals surface area contributed by atoms with Crippen molar-refractivity contribution in [2.75, 3.05) is 31.1 Å². The minimum Gasteiger partial charge on any atom is -0.484 e. The molecule has 2 heterocycles. The molecule has 2 aromatic rings. The number of likely N-dealkylation sites (N-methyl/N-ethyl adjacent to an activating group) is 1. The molecule has 0 radical (unpaired) electrons. The van der Waals surface area contributed by atoms with Crippen LogP contribution in [0.3, 0.4) is 0 Å². The zero-order valence-electron chi connectivity index (χ0n) is 18.5. The topological polar surface area (TPSA) is 78.8 Å². The fraction of sp³-hybridized carbons (Fsp3) is 0.500. The summed E-state index contributed by atoms with van der Waals surface area (Å²) >= 11 is 0. The molecule has 0 aliphatic carbocycles. The lowest BCUT2D eigenvalue weighted by molar-refractivity contribution is -0.137. The Morgan fingerprint density at radius 2 is 1.94 bits per heavy atom. The molecule has 1 saturated heterocycles. The van der Waals surface area contributed by atoms with Crippen LogP contribution in [0.25, 0.3) is 0 Å². The predicted molar refractivity (Wildman–Crippen MR) is 114 cm³/mol. The van der Waals surface area contributed by atoms with Crippen LogP contribution in [0.5, 0.6) is 5.75 Å². The molecule has 0 bridgehead atoms. The van der Waals surface area contributed by atoms with Gasteiger partial charge in [-0.2, -0.15) is 18.3 Å². The monoisotopic (exact) mass is 454 g/mol. The van der Waals surface area contributed by atoms with Crippen molar-refractivity contribution < 1.29 is 27.8 Å². The number of ether oxygens (including phenoxy) is 1. The minimum atomic E-state index is -4.54. The number of hydrogen-bond acceptors (Lipinski definition) is 6. The standard InChI is InChI=1S/C20H23F3N4O3.C2H6/c1-2-27(19-17(20(21,22)23)7-9-24-25-19)15-8-10-26(11-15)18(29)13-30-16-5-3-14(12-28)4-6-16;1-2/h3-7,9,15,28H,2,8,10-13H2,1H3;1-2H3. The number of likely N-dealkylation sites (tertiary alicyclic amines) is 1. The number of halogens is 3. The van der Waals surface area contributed by atoms with E-state index in [0.717, 1.165) is 17.8 Å². The highest BCUT2D eigenvalue weighted by Gasteiger charge is 2.39. The largest absolute Gasteiger partial charge is 0.484 e. The number of alkyl halides is 3. The summed E-state index contributed by atoms with van der Waals surface area (Å²) in [4.78, 5) is 15.6. The van der Waals surface area contributed by atoms with Crippen molar-refractivity contribution in [3.63, 3.8) is 0 Å². The van der Waals surface area contributed by atoms with Gasteiger partial charge in [-0.3, -0.25) is 4.79 Å². The van der Waals surface area contributed by atoms with Gasteiger partial charge < -0.3 is 19.6 Å². The van der Waals surface area contributed by atoms with E-state index in [2.05, 4.69) is 10.2 Å². The van der Waals surface area contributed by atoms with Gasteiger partial charge in [0.2, 0.25) is 0 Å². The van der Waals surface area contributed by atoms with Crippen LogP contribution in [0, 0.1) is 0 Å². The molecular formula is C22H29F3N4O3. The van der Waals surface area contributed by atoms with E-state index in [4.69, 9.17) is 9.84 Å². The first-order valence-electron chi connectivity index (χ1n) is 10.6. The van der Waals surface area contributed by atoms with Crippen LogP contribution in [0.15, 0.2) is 36.5 Å². The average Bonchev–Trinajstić information content (AvgIpc) is 3.29. The summed E-state index contributed by atoms with van der Waals surface area (Å²) in [6.45, 7) is 6.52. The third-order valence-electron chi connectivity index (χ3n) is 5.04. The number of amides is 1. The Balaban J connectivity index is 0.00000176. The summed E-state index contributed by atoms with van der Waals surface area (Å²) < 4.78 is 45.6. The Bertz CT molecular complexity index is 862. The first-order chi connectivity index (χ1) is 15.3. The SMILES string of the molecule is CC.CCN(c1nnccc1C(F)(F)F)C1CCN(C(=O)COc2ccc(CO)cc2)C1. The number of benzene rings is 1. The lowest BCUT2D eigenvalue weighted by Crippen LogP contribution is -2.41. The lowest BCUT2D eigenvalue weighted by Gasteiger charge is -2.30. The van der Waals surface area contributed by atoms with E-state index in [1.54, 1.807) is 41.0 Å². The highest BCUT2D eigenvalue weighted by Crippen LogP contribution is 2.36. The van der Waals surface area contributed by atoms with Crippen LogP contribution in [0.2, 0.25) is 0 Å². The van der Waals surface area contributed by atoms with Gasteiger partial charge >= 0.3 is 6.18 Å². The summed E-state index contributed by atoms with van der Waals surface area (Å²) in [5, 5.41) is 16.4. The third-order valence-corrected chi connectivity index (χ3v) is 5.04. The zero-order chi connectivity index (χ0) is 23.7. The number of carbonyl (C=O) groups excluding carboxylic acids is 1. The zero-order valence-corrected chi connectivity index (χ0v) is 18.5. The Hall–Kier alpha value is -2.88. The van der Waals surface area contributed by atoms with Gasteiger partial charge in [0.1, 0.15) is 11.3 Å². The van der Waals surface area contributed by atoms with Crippen molar-refractivity contribution in [3.8, 4) is 5.75 Å². The Kier molecular flexibility index (Phi) is 9.25. The number of rotatable bonds is 7. The summed E-state index contributed by atoms with van der Waals surface area (Å²) in [5.41, 5.74) is -0.100. The van der Waals surface area contributed by atoms with E-state index in [0.29, 0.717) is 25.3 Å². The molecule has 0 spiro atoms. The van der Waals surface area contributed by atoms with Gasteiger partial charge in [-0.1, -0.05) is 26.0 Å². The van der Waals surface area contributed by atoms with Gasteiger partial charge in [0, 0.05) is 25.7 Å². The Morgan fingerprint density at radius 3 is 2.53 bits per heavy atom. The Morgan fingerprint density at radius 1 is 1.25 bits per heavy atom. The highest BCUT2D eigenvalue weighted by molar-refractivity contribution is 5.78. The van der Waals surface area contributed by atoms with Gasteiger partial charge in [0.15, 0.2) is 12.4 Å². The van der Waals surface area contributed by atoms with Crippen LogP contribution in [-0.4, -0.2) is 58.4 Å². The normalized spacial score (nSPS) is 15.7. The molecule has 1 aromatic heterocycles. The lowest BCUT2D eigenvalue weighted by atomic mass is 10.2. The van der Waals surface area contributed by atoms with Gasteiger partial charge in [-0.05, 0) is 37.1 Å². The second-order valence-corrected chi connectivity index (χ2v) is 6.93. The summed E-state index contributed by atoms with van der Waals surface area (Å²) in [6.07, 6.45) is -2.99. The molecule has 0 saturated carbocycles. The van der Waals surface area contributed by atoms with Crippen molar-refractivity contribution in [2.24, 2.45) is 0 Å². The number of hydrogen-bond donors (Lipinski definition) is 1. The molecule has 1 amide bonds. The Labute approximate surface area is 185 Å². The van der Waals surface area contributed by atoms with E-state index >= 15 is 0 Å². The van der Waals surface area contributed by atoms with Crippen LogP contribution in [0.4, 0.5) is 19.0 Å². The first-order valence-corrected chi connectivity index (χ1v) is 10.6. The maximum absolute atomic E-state index is 13.4. The molecule has 1 aliphatic heterocycles. The van der Waals surface area contributed by atoms with Crippen molar-refractivity contribution in [3.05, 3.63) is 47.7 Å². The molecule has 3 rings (SSSR count). The molecule has 7 nitrogen and oxygen atoms in total. The average molecular weight is 454 g/mol. The van der Waals surface area contributed by atoms with Crippen molar-refractivity contribution in [1.29, 1.82) is 0 Å². The number of aliphatic hydroxyl groups is 1. The van der Waals surface area contributed by atoms with Gasteiger partial charge in [-0.15, -0.1) is 5.10 Å². The van der Waals surface area contributed by atoms with E-state index < -0.39 is 11.7 Å². The second-order valence-electron chi connectivity index (χ2n) is 6.93. The van der Waals surface area contributed by atoms with E-state index in [1.165, 1.54) is 0 Å². The number of aliphatic hydroxyl groups excluding tert-OH is 1. The first kappa shape index (κ1) is 25.4. The number of carbonyl (C=O) groups is 1. The molecule has 1 fully saturated rings. The van der Waals surface area contributed by atoms with Crippen LogP contribution in [0.1, 0.15) is 38.3 Å². The molecule has 1 aliphatic rings. The minimum absolute atomic E-state index is 0.0792. The highest BCUT2D eigenvalue weighted by atomic mass is 19.4. The van der Waals surface area contributed by atoms with E-state index in [9.17, 15) is 18.0 Å². The summed E-state index contributed by atoms with van der Waals surface area (Å²) in [7, 11) is 0. The maximum atomic E-state index is 13.4. The number of anilines is 1. The van der Waals surface area contributed by atoms with E-state index in [-0.39, 0.29) is 37.5 Å². The fourth-order valence-electron chi connectivity index (χ4n) is 3.49. The molecule has 1 N–H and O–H groups in total. The third kappa shape index (κ3) is 6.32. The predicted octanol–water partition coefficient (Wildman–Crippen LogP) is 3.52. The van der Waals surface area contributed by atoms with E-state index in [1.807, 2.05) is 13.8 Å². The second kappa shape index (κ2) is 11.7. The van der Waals surface area contributed by atoms with Crippen molar-refractivity contribution in [2.45, 2.75) is 46.0 Å². The number of nitrogens with zero attached hydrogens (tertiary/aromatic N) is 4. The van der Waals surface area contributed by atoms with Crippen LogP contribution in [-0.2, 0) is 17.6 Å². The van der Waals surface area contributed by atoms with Gasteiger partial charge in [0.05, 0.1) is 12.8 Å². The van der Waals surface area contributed by atoms with Crippen molar-refractivity contribution >= 4 is 11.7 Å². The quantitative estimate of drug-likeness (QED) is 0.690. The summed E-state index contributed by atoms with van der Waals surface area (Å²) in [6, 6.07) is 7.35. The molecular weight excluding hydrogens is 425 g/mol. The fourth-order valence-corrected chi connectivity index (χ4v) is 3.49. The molecule has 32 heavy (non-hydrogen) atoms. The van der Waals surface area contributed by atoms with Gasteiger partial charge in [0.25, 0.3) is 5.91 Å². The summed E-state index contributed by atoms with van der Waals surface area (Å²) in [5.74, 6) is 0.0443. The van der Waals surface area contributed by atoms with Crippen LogP contribution >= 0.6 is 0 Å². The molecule has 1 unspecified atom stereocenters. The number of aromatic nitrogens is 2. The smallest absolute Gasteiger partial charge is 0.420 e. The molecule has 176 valence electrons. The van der Waals surface area contributed by atoms with Crippen molar-refractivity contribution in [1.82, 2.24) is 15.1 Å². The van der Waals surface area contributed by atoms with Crippen LogP contribution < -0.4 is 9.64 Å².